The van der Waals surface area contributed by atoms with Gasteiger partial charge < -0.3 is 9.15 Å². The maximum absolute atomic E-state index is 14.0. The standard InChI is InChI=1S/C29H24N4O3S/c1-35-28(20-10-4-2-5-11-20)29(34)33-24(18-23(30-33)25-14-8-16-36-25)22-19-32(21-12-6-3-7-13-21)31-27(22)26-15-9-17-37-26/h2-17,19,24,28H,18H2,1H3/t24-,28-/m0/s1. The number of ether oxygens (including phenoxy) is 1. The third-order valence-corrected chi connectivity index (χ3v) is 7.26. The van der Waals surface area contributed by atoms with E-state index in [2.05, 4.69) is 0 Å². The Bertz CT molecular complexity index is 1510. The first-order chi connectivity index (χ1) is 18.2. The normalized spacial score (nSPS) is 16.1. The second kappa shape index (κ2) is 10.0. The molecule has 37 heavy (non-hydrogen) atoms. The summed E-state index contributed by atoms with van der Waals surface area (Å²) in [6.45, 7) is 0. The summed E-state index contributed by atoms with van der Waals surface area (Å²) in [4.78, 5) is 15.0. The van der Waals surface area contributed by atoms with Crippen LogP contribution in [0.15, 0.2) is 112 Å². The van der Waals surface area contributed by atoms with Gasteiger partial charge in [0.15, 0.2) is 6.10 Å². The van der Waals surface area contributed by atoms with Gasteiger partial charge >= 0.3 is 0 Å². The number of para-hydroxylation sites is 1. The van der Waals surface area contributed by atoms with Crippen LogP contribution in [0, 0.1) is 0 Å². The number of aromatic nitrogens is 2. The summed E-state index contributed by atoms with van der Waals surface area (Å²) in [7, 11) is 1.54. The molecule has 2 atom stereocenters. The summed E-state index contributed by atoms with van der Waals surface area (Å²) < 4.78 is 13.2. The molecule has 7 nitrogen and oxygen atoms in total. The van der Waals surface area contributed by atoms with Crippen LogP contribution in [0.1, 0.15) is 35.5 Å². The predicted octanol–water partition coefficient (Wildman–Crippen LogP) is 6.26. The molecular formula is C29H24N4O3S. The lowest BCUT2D eigenvalue weighted by Crippen LogP contribution is -2.32. The number of carbonyl (C=O) groups excluding carboxylic acids is 1. The van der Waals surface area contributed by atoms with Gasteiger partial charge in [-0.1, -0.05) is 54.6 Å². The minimum absolute atomic E-state index is 0.246. The largest absolute Gasteiger partial charge is 0.463 e. The van der Waals surface area contributed by atoms with Gasteiger partial charge in [-0.2, -0.15) is 10.2 Å². The number of methoxy groups -OCH3 is 1. The molecule has 0 unspecified atom stereocenters. The van der Waals surface area contributed by atoms with E-state index in [0.29, 0.717) is 17.9 Å². The number of hydrogen-bond acceptors (Lipinski definition) is 6. The van der Waals surface area contributed by atoms with Gasteiger partial charge in [0.2, 0.25) is 0 Å². The maximum Gasteiger partial charge on any atom is 0.276 e. The molecule has 3 aromatic heterocycles. The Balaban J connectivity index is 1.46. The van der Waals surface area contributed by atoms with Gasteiger partial charge in [0.1, 0.15) is 17.2 Å². The minimum atomic E-state index is -0.794. The first kappa shape index (κ1) is 23.1. The zero-order valence-corrected chi connectivity index (χ0v) is 20.9. The number of hydrazone groups is 1. The number of furan rings is 1. The van der Waals surface area contributed by atoms with Crippen LogP contribution in [-0.4, -0.2) is 33.5 Å². The molecule has 2 aromatic carbocycles. The van der Waals surface area contributed by atoms with E-state index in [0.717, 1.165) is 27.4 Å². The molecule has 4 heterocycles. The first-order valence-corrected chi connectivity index (χ1v) is 12.8. The van der Waals surface area contributed by atoms with Crippen LogP contribution in [0.3, 0.4) is 0 Å². The van der Waals surface area contributed by atoms with E-state index >= 15 is 0 Å². The summed E-state index contributed by atoms with van der Waals surface area (Å²) in [6, 6.07) is 26.8. The van der Waals surface area contributed by atoms with E-state index in [1.165, 1.54) is 0 Å². The van der Waals surface area contributed by atoms with Crippen LogP contribution in [0.2, 0.25) is 0 Å². The number of amides is 1. The zero-order valence-electron chi connectivity index (χ0n) is 20.1. The first-order valence-electron chi connectivity index (χ1n) is 11.9. The summed E-state index contributed by atoms with van der Waals surface area (Å²) in [5, 5.41) is 13.3. The van der Waals surface area contributed by atoms with E-state index in [9.17, 15) is 4.79 Å². The van der Waals surface area contributed by atoms with Crippen molar-refractivity contribution in [1.82, 2.24) is 14.8 Å². The Kier molecular flexibility index (Phi) is 6.26. The summed E-state index contributed by atoms with van der Waals surface area (Å²) in [6.07, 6.45) is 3.31. The number of hydrogen-bond donors (Lipinski definition) is 0. The number of thiophene rings is 1. The highest BCUT2D eigenvalue weighted by atomic mass is 32.1. The molecule has 0 radical (unpaired) electrons. The summed E-state index contributed by atoms with van der Waals surface area (Å²) >= 11 is 1.61. The fourth-order valence-corrected chi connectivity index (χ4v) is 5.35. The van der Waals surface area contributed by atoms with Gasteiger partial charge in [0, 0.05) is 25.3 Å². The second-order valence-corrected chi connectivity index (χ2v) is 9.59. The maximum atomic E-state index is 14.0. The lowest BCUT2D eigenvalue weighted by molar-refractivity contribution is -0.144. The highest BCUT2D eigenvalue weighted by Gasteiger charge is 2.40. The molecule has 6 rings (SSSR count). The van der Waals surface area contributed by atoms with Crippen molar-refractivity contribution in [1.29, 1.82) is 0 Å². The quantitative estimate of drug-likeness (QED) is 0.260. The Morgan fingerprint density at radius 1 is 1.03 bits per heavy atom. The van der Waals surface area contributed by atoms with Crippen molar-refractivity contribution in [3.8, 4) is 16.3 Å². The molecular weight excluding hydrogens is 484 g/mol. The topological polar surface area (TPSA) is 72.9 Å². The van der Waals surface area contributed by atoms with E-state index in [4.69, 9.17) is 19.4 Å². The average Bonchev–Trinajstić information content (AvgIpc) is 3.76. The molecule has 1 aliphatic heterocycles. The minimum Gasteiger partial charge on any atom is -0.463 e. The molecule has 0 bridgehead atoms. The predicted molar refractivity (Wildman–Crippen MR) is 143 cm³/mol. The molecule has 0 saturated heterocycles. The third kappa shape index (κ3) is 4.41. The molecule has 1 amide bonds. The van der Waals surface area contributed by atoms with Crippen molar-refractivity contribution < 1.29 is 13.9 Å². The summed E-state index contributed by atoms with van der Waals surface area (Å²) in [5.41, 5.74) is 4.15. The average molecular weight is 509 g/mol. The van der Waals surface area contributed by atoms with Gasteiger partial charge in [-0.05, 0) is 41.3 Å². The number of carbonyl (C=O) groups is 1. The van der Waals surface area contributed by atoms with Crippen LogP contribution >= 0.6 is 11.3 Å². The number of benzene rings is 2. The monoisotopic (exact) mass is 508 g/mol. The van der Waals surface area contributed by atoms with Gasteiger partial charge in [0.25, 0.3) is 5.91 Å². The molecule has 0 spiro atoms. The Morgan fingerprint density at radius 3 is 2.49 bits per heavy atom. The second-order valence-electron chi connectivity index (χ2n) is 8.64. The van der Waals surface area contributed by atoms with Crippen molar-refractivity contribution in [3.05, 3.63) is 120 Å². The molecule has 184 valence electrons. The fraction of sp³-hybridized carbons (Fsp3) is 0.138. The van der Waals surface area contributed by atoms with Crippen molar-refractivity contribution in [2.75, 3.05) is 7.11 Å². The third-order valence-electron chi connectivity index (χ3n) is 6.38. The van der Waals surface area contributed by atoms with Crippen LogP contribution in [0.4, 0.5) is 0 Å². The molecule has 8 heteroatoms. The summed E-state index contributed by atoms with van der Waals surface area (Å²) in [5.74, 6) is 0.395. The molecule has 0 saturated carbocycles. The van der Waals surface area contributed by atoms with Crippen LogP contribution in [0.5, 0.6) is 0 Å². The Morgan fingerprint density at radius 2 is 1.81 bits per heavy atom. The fourth-order valence-electron chi connectivity index (χ4n) is 4.62. The zero-order chi connectivity index (χ0) is 25.2. The van der Waals surface area contributed by atoms with Gasteiger partial charge in [0.05, 0.1) is 22.9 Å². The number of nitrogens with zero attached hydrogens (tertiary/aromatic N) is 4. The van der Waals surface area contributed by atoms with Crippen molar-refractivity contribution >= 4 is 23.0 Å². The van der Waals surface area contributed by atoms with Crippen molar-refractivity contribution in [3.63, 3.8) is 0 Å². The smallest absolute Gasteiger partial charge is 0.276 e. The van der Waals surface area contributed by atoms with E-state index in [-0.39, 0.29) is 11.9 Å². The van der Waals surface area contributed by atoms with Crippen LogP contribution < -0.4 is 0 Å². The molecule has 0 aliphatic carbocycles. The van der Waals surface area contributed by atoms with Gasteiger partial charge in [-0.15, -0.1) is 11.3 Å². The lowest BCUT2D eigenvalue weighted by atomic mass is 9.99. The van der Waals surface area contributed by atoms with Crippen molar-refractivity contribution in [2.24, 2.45) is 5.10 Å². The van der Waals surface area contributed by atoms with Crippen LogP contribution in [-0.2, 0) is 9.53 Å². The Labute approximate surface area is 218 Å². The lowest BCUT2D eigenvalue weighted by Gasteiger charge is -2.25. The molecule has 0 N–H and O–H groups in total. The van der Waals surface area contributed by atoms with E-state index < -0.39 is 6.10 Å². The van der Waals surface area contributed by atoms with E-state index in [1.54, 1.807) is 29.7 Å². The molecule has 5 aromatic rings. The van der Waals surface area contributed by atoms with Crippen molar-refractivity contribution in [2.45, 2.75) is 18.6 Å². The molecule has 0 fully saturated rings. The highest BCUT2D eigenvalue weighted by molar-refractivity contribution is 7.13. The number of rotatable bonds is 7. The van der Waals surface area contributed by atoms with Gasteiger partial charge in [-0.3, -0.25) is 4.79 Å². The highest BCUT2D eigenvalue weighted by Crippen LogP contribution is 2.41. The Hall–Kier alpha value is -4.27. The van der Waals surface area contributed by atoms with Crippen LogP contribution in [0.25, 0.3) is 16.3 Å². The SMILES string of the molecule is CO[C@H](C(=O)N1N=C(c2ccco2)C[C@H]1c1cn(-c2ccccc2)nc1-c1cccs1)c1ccccc1. The molecule has 1 aliphatic rings. The van der Waals surface area contributed by atoms with E-state index in [1.807, 2.05) is 101 Å². The van der Waals surface area contributed by atoms with Gasteiger partial charge in [-0.25, -0.2) is 9.69 Å².